The first-order valence-electron chi connectivity index (χ1n) is 6.62. The first-order chi connectivity index (χ1) is 10.2. The molecule has 0 aliphatic heterocycles. The van der Waals surface area contributed by atoms with E-state index in [4.69, 9.17) is 23.2 Å². The van der Waals surface area contributed by atoms with E-state index >= 15 is 0 Å². The van der Waals surface area contributed by atoms with Crippen LogP contribution in [0.3, 0.4) is 0 Å². The van der Waals surface area contributed by atoms with Crippen molar-refractivity contribution in [1.29, 1.82) is 0 Å². The Morgan fingerprint density at radius 3 is 2.76 bits per heavy atom. The SMILES string of the molecule is ClCCc1nc2ccc(Cl)cc2n1CCc1ccc(Br)s1. The molecule has 1 aromatic carbocycles. The van der Waals surface area contributed by atoms with Gasteiger partial charge in [0.15, 0.2) is 0 Å². The van der Waals surface area contributed by atoms with Gasteiger partial charge >= 0.3 is 0 Å². The van der Waals surface area contributed by atoms with Crippen molar-refractivity contribution in [3.05, 3.63) is 49.8 Å². The second kappa shape index (κ2) is 6.69. The lowest BCUT2D eigenvalue weighted by atomic mass is 10.3. The average molecular weight is 404 g/mol. The molecule has 0 aliphatic rings. The lowest BCUT2D eigenvalue weighted by molar-refractivity contribution is 0.679. The van der Waals surface area contributed by atoms with Crippen LogP contribution in [0.5, 0.6) is 0 Å². The number of aryl methyl sites for hydroxylation is 3. The fourth-order valence-corrected chi connectivity index (χ4v) is 4.19. The van der Waals surface area contributed by atoms with Crippen molar-refractivity contribution < 1.29 is 0 Å². The first-order valence-corrected chi connectivity index (χ1v) is 9.14. The van der Waals surface area contributed by atoms with Crippen molar-refractivity contribution in [3.8, 4) is 0 Å². The molecule has 2 nitrogen and oxygen atoms in total. The number of nitrogens with zero attached hydrogens (tertiary/aromatic N) is 2. The Hall–Kier alpha value is -0.550. The van der Waals surface area contributed by atoms with E-state index in [1.54, 1.807) is 11.3 Å². The number of hydrogen-bond donors (Lipinski definition) is 0. The fourth-order valence-electron chi connectivity index (χ4n) is 2.38. The van der Waals surface area contributed by atoms with E-state index in [0.29, 0.717) is 5.88 Å². The predicted molar refractivity (Wildman–Crippen MR) is 94.9 cm³/mol. The lowest BCUT2D eigenvalue weighted by Gasteiger charge is -2.07. The van der Waals surface area contributed by atoms with Crippen molar-refractivity contribution in [2.75, 3.05) is 5.88 Å². The van der Waals surface area contributed by atoms with E-state index in [-0.39, 0.29) is 0 Å². The van der Waals surface area contributed by atoms with Crippen LogP contribution in [0.25, 0.3) is 11.0 Å². The third-order valence-corrected chi connectivity index (χ3v) is 5.43. The molecule has 0 aliphatic carbocycles. The van der Waals surface area contributed by atoms with Crippen LogP contribution in [0, 0.1) is 0 Å². The van der Waals surface area contributed by atoms with Crippen LogP contribution in [-0.4, -0.2) is 15.4 Å². The summed E-state index contributed by atoms with van der Waals surface area (Å²) in [4.78, 5) is 6.02. The van der Waals surface area contributed by atoms with Crippen molar-refractivity contribution in [2.24, 2.45) is 0 Å². The average Bonchev–Trinajstić information content (AvgIpc) is 3.01. The van der Waals surface area contributed by atoms with E-state index in [1.165, 1.54) is 4.88 Å². The van der Waals surface area contributed by atoms with Gasteiger partial charge in [-0.15, -0.1) is 22.9 Å². The highest BCUT2D eigenvalue weighted by Crippen LogP contribution is 2.25. The minimum Gasteiger partial charge on any atom is -0.328 e. The molecule has 2 heterocycles. The molecule has 21 heavy (non-hydrogen) atoms. The third kappa shape index (κ3) is 3.45. The van der Waals surface area contributed by atoms with E-state index < -0.39 is 0 Å². The topological polar surface area (TPSA) is 17.8 Å². The minimum absolute atomic E-state index is 0.571. The van der Waals surface area contributed by atoms with Gasteiger partial charge in [0.25, 0.3) is 0 Å². The van der Waals surface area contributed by atoms with Gasteiger partial charge in [0.2, 0.25) is 0 Å². The van der Waals surface area contributed by atoms with Crippen molar-refractivity contribution in [1.82, 2.24) is 9.55 Å². The molecule has 110 valence electrons. The molecule has 2 aromatic heterocycles. The Labute approximate surface area is 145 Å². The number of imidazole rings is 1. The predicted octanol–water partition coefficient (Wildman–Crippen LogP) is 5.54. The molecule has 0 bridgehead atoms. The summed E-state index contributed by atoms with van der Waals surface area (Å²) >= 11 is 17.3. The van der Waals surface area contributed by atoms with Crippen LogP contribution >= 0.6 is 50.5 Å². The molecule has 0 amide bonds. The summed E-state index contributed by atoms with van der Waals surface area (Å²) in [5, 5.41) is 0.736. The number of benzene rings is 1. The van der Waals surface area contributed by atoms with Gasteiger partial charge in [-0.05, 0) is 52.7 Å². The Morgan fingerprint density at radius 2 is 2.05 bits per heavy atom. The van der Waals surface area contributed by atoms with Gasteiger partial charge in [0, 0.05) is 28.7 Å². The van der Waals surface area contributed by atoms with Gasteiger partial charge in [-0.2, -0.15) is 0 Å². The van der Waals surface area contributed by atoms with Crippen LogP contribution in [0.4, 0.5) is 0 Å². The van der Waals surface area contributed by atoms with Gasteiger partial charge < -0.3 is 4.57 Å². The molecule has 0 unspecified atom stereocenters. The molecular formula is C15H13BrCl2N2S. The minimum atomic E-state index is 0.571. The van der Waals surface area contributed by atoms with Crippen molar-refractivity contribution in [3.63, 3.8) is 0 Å². The van der Waals surface area contributed by atoms with E-state index in [1.807, 2.05) is 18.2 Å². The summed E-state index contributed by atoms with van der Waals surface area (Å²) in [5.41, 5.74) is 2.06. The van der Waals surface area contributed by atoms with Crippen LogP contribution in [-0.2, 0) is 19.4 Å². The molecule has 0 fully saturated rings. The van der Waals surface area contributed by atoms with E-state index in [9.17, 15) is 0 Å². The lowest BCUT2D eigenvalue weighted by Crippen LogP contribution is -2.06. The summed E-state index contributed by atoms with van der Waals surface area (Å²) in [6, 6.07) is 10.1. The molecule has 0 saturated carbocycles. The number of alkyl halides is 1. The molecule has 0 N–H and O–H groups in total. The molecule has 3 aromatic rings. The molecule has 3 rings (SSSR count). The maximum absolute atomic E-state index is 6.13. The second-order valence-electron chi connectivity index (χ2n) is 4.71. The highest BCUT2D eigenvalue weighted by molar-refractivity contribution is 9.11. The summed E-state index contributed by atoms with van der Waals surface area (Å²) in [6.07, 6.45) is 1.74. The van der Waals surface area contributed by atoms with Gasteiger partial charge in [0.1, 0.15) is 5.82 Å². The molecule has 0 spiro atoms. The summed E-state index contributed by atoms with van der Waals surface area (Å²) in [5.74, 6) is 1.60. The maximum Gasteiger partial charge on any atom is 0.111 e. The number of thiophene rings is 1. The van der Waals surface area contributed by atoms with Crippen molar-refractivity contribution >= 4 is 61.5 Å². The Bertz CT molecular complexity index is 766. The first kappa shape index (κ1) is 15.3. The highest BCUT2D eigenvalue weighted by atomic mass is 79.9. The monoisotopic (exact) mass is 402 g/mol. The number of fused-ring (bicyclic) bond motifs is 1. The number of rotatable bonds is 5. The molecule has 0 saturated heterocycles. The van der Waals surface area contributed by atoms with Gasteiger partial charge in [0.05, 0.1) is 14.8 Å². The Kier molecular flexibility index (Phi) is 4.89. The van der Waals surface area contributed by atoms with Gasteiger partial charge in [-0.25, -0.2) is 4.98 Å². The fraction of sp³-hybridized carbons (Fsp3) is 0.267. The van der Waals surface area contributed by atoms with Gasteiger partial charge in [-0.1, -0.05) is 11.6 Å². The molecule has 6 heteroatoms. The number of halogens is 3. The standard InChI is InChI=1S/C15H13BrCl2N2S/c16-14-4-2-11(21-14)6-8-20-13-9-10(18)1-3-12(13)19-15(20)5-7-17/h1-4,9H,5-8H2. The molecule has 0 radical (unpaired) electrons. The van der Waals surface area contributed by atoms with Crippen molar-refractivity contribution in [2.45, 2.75) is 19.4 Å². The summed E-state index contributed by atoms with van der Waals surface area (Å²) in [6.45, 7) is 0.885. The zero-order valence-corrected chi connectivity index (χ0v) is 15.1. The molecule has 0 atom stereocenters. The van der Waals surface area contributed by atoms with Crippen LogP contribution in [0.15, 0.2) is 34.1 Å². The molecular weight excluding hydrogens is 391 g/mol. The smallest absolute Gasteiger partial charge is 0.111 e. The Balaban J connectivity index is 1.94. The largest absolute Gasteiger partial charge is 0.328 e. The van der Waals surface area contributed by atoms with Gasteiger partial charge in [-0.3, -0.25) is 0 Å². The number of hydrogen-bond acceptors (Lipinski definition) is 2. The van der Waals surface area contributed by atoms with Crippen LogP contribution in [0.2, 0.25) is 5.02 Å². The third-order valence-electron chi connectivity index (χ3n) is 3.32. The highest BCUT2D eigenvalue weighted by Gasteiger charge is 2.11. The maximum atomic E-state index is 6.13. The number of aromatic nitrogens is 2. The summed E-state index contributed by atoms with van der Waals surface area (Å²) < 4.78 is 3.40. The van der Waals surface area contributed by atoms with Crippen LogP contribution < -0.4 is 0 Å². The second-order valence-corrected chi connectivity index (χ2v) is 8.07. The Morgan fingerprint density at radius 1 is 1.19 bits per heavy atom. The summed E-state index contributed by atoms with van der Waals surface area (Å²) in [7, 11) is 0. The van der Waals surface area contributed by atoms with Crippen LogP contribution in [0.1, 0.15) is 10.7 Å². The zero-order chi connectivity index (χ0) is 14.8. The normalized spacial score (nSPS) is 11.4. The quantitative estimate of drug-likeness (QED) is 0.511. The zero-order valence-electron chi connectivity index (χ0n) is 11.2. The van der Waals surface area contributed by atoms with E-state index in [0.717, 1.165) is 45.1 Å². The van der Waals surface area contributed by atoms with E-state index in [2.05, 4.69) is 37.6 Å².